The van der Waals surface area contributed by atoms with E-state index in [0.717, 1.165) is 6.42 Å². The fraction of sp³-hybridized carbons (Fsp3) is 0.471. The van der Waals surface area contributed by atoms with Gasteiger partial charge in [-0.2, -0.15) is 0 Å². The fourth-order valence-electron chi connectivity index (χ4n) is 3.09. The van der Waals surface area contributed by atoms with Crippen molar-refractivity contribution in [3.05, 3.63) is 17.7 Å². The Labute approximate surface area is 139 Å². The zero-order valence-corrected chi connectivity index (χ0v) is 13.8. The number of ether oxygens (including phenoxy) is 2. The molecule has 1 fully saturated rings. The minimum atomic E-state index is -0.174. The molecule has 7 heteroatoms. The Morgan fingerprint density at radius 3 is 2.54 bits per heavy atom. The summed E-state index contributed by atoms with van der Waals surface area (Å²) < 4.78 is 10.6. The van der Waals surface area contributed by atoms with E-state index >= 15 is 0 Å². The van der Waals surface area contributed by atoms with Crippen LogP contribution in [0.1, 0.15) is 37.0 Å². The van der Waals surface area contributed by atoms with Crippen LogP contribution in [0.2, 0.25) is 0 Å². The number of Topliss-reactive ketones (excluding diaryl/α,β-unsaturated/α-hetero) is 1. The Kier molecular flexibility index (Phi) is 4.42. The van der Waals surface area contributed by atoms with Gasteiger partial charge in [0.25, 0.3) is 0 Å². The molecule has 1 saturated heterocycles. The number of carbonyl (C=O) groups excluding carboxylic acids is 3. The first-order valence-electron chi connectivity index (χ1n) is 7.94. The van der Waals surface area contributed by atoms with Crippen LogP contribution in [0.5, 0.6) is 11.5 Å². The highest BCUT2D eigenvalue weighted by molar-refractivity contribution is 6.04. The molecular weight excluding hydrogens is 312 g/mol. The Hall–Kier alpha value is -2.57. The van der Waals surface area contributed by atoms with E-state index in [4.69, 9.17) is 9.47 Å². The lowest BCUT2D eigenvalue weighted by atomic mass is 10.0. The van der Waals surface area contributed by atoms with Gasteiger partial charge in [-0.1, -0.05) is 0 Å². The summed E-state index contributed by atoms with van der Waals surface area (Å²) in [6, 6.07) is 3.21. The van der Waals surface area contributed by atoms with Gasteiger partial charge in [-0.15, -0.1) is 0 Å². The minimum Gasteiger partial charge on any atom is -0.454 e. The van der Waals surface area contributed by atoms with Gasteiger partial charge >= 0.3 is 0 Å². The number of rotatable bonds is 4. The molecule has 1 aromatic carbocycles. The molecule has 2 aliphatic rings. The largest absolute Gasteiger partial charge is 0.454 e. The van der Waals surface area contributed by atoms with Crippen LogP contribution in [-0.4, -0.2) is 42.4 Å². The topological polar surface area (TPSA) is 84.9 Å². The van der Waals surface area contributed by atoms with Gasteiger partial charge in [0, 0.05) is 38.1 Å². The van der Waals surface area contributed by atoms with Gasteiger partial charge < -0.3 is 19.7 Å². The first kappa shape index (κ1) is 16.3. The van der Waals surface area contributed by atoms with E-state index < -0.39 is 0 Å². The van der Waals surface area contributed by atoms with Gasteiger partial charge in [0.05, 0.1) is 5.69 Å². The molecule has 1 unspecified atom stereocenters. The van der Waals surface area contributed by atoms with Crippen molar-refractivity contribution in [1.29, 1.82) is 0 Å². The first-order valence-corrected chi connectivity index (χ1v) is 7.94. The molecule has 24 heavy (non-hydrogen) atoms. The molecule has 2 aliphatic heterocycles. The number of anilines is 1. The van der Waals surface area contributed by atoms with Crippen molar-refractivity contribution >= 4 is 23.3 Å². The molecule has 3 rings (SSSR count). The zero-order chi connectivity index (χ0) is 17.3. The van der Waals surface area contributed by atoms with Crippen LogP contribution in [0.3, 0.4) is 0 Å². The van der Waals surface area contributed by atoms with E-state index in [1.807, 2.05) is 0 Å². The quantitative estimate of drug-likeness (QED) is 0.850. The predicted molar refractivity (Wildman–Crippen MR) is 86.2 cm³/mol. The monoisotopic (exact) mass is 332 g/mol. The van der Waals surface area contributed by atoms with Crippen molar-refractivity contribution in [1.82, 2.24) is 4.90 Å². The molecule has 2 heterocycles. The highest BCUT2D eigenvalue weighted by Crippen LogP contribution is 2.37. The average Bonchev–Trinajstić information content (AvgIpc) is 3.14. The zero-order valence-electron chi connectivity index (χ0n) is 13.8. The lowest BCUT2D eigenvalue weighted by molar-refractivity contribution is -0.128. The van der Waals surface area contributed by atoms with Gasteiger partial charge in [-0.05, 0) is 25.3 Å². The van der Waals surface area contributed by atoms with Gasteiger partial charge in [-0.3, -0.25) is 14.4 Å². The number of hydrogen-bond acceptors (Lipinski definition) is 5. The SMILES string of the molecule is CC(=O)c1cc2c(cc1NC(=O)CC1CCN(C(C)=O)C1)OCO2. The lowest BCUT2D eigenvalue weighted by Crippen LogP contribution is -2.26. The summed E-state index contributed by atoms with van der Waals surface area (Å²) in [5.74, 6) is 0.861. The second-order valence-electron chi connectivity index (χ2n) is 6.18. The van der Waals surface area contributed by atoms with Crippen molar-refractivity contribution in [2.45, 2.75) is 26.7 Å². The van der Waals surface area contributed by atoms with E-state index in [1.54, 1.807) is 17.0 Å². The van der Waals surface area contributed by atoms with Crippen LogP contribution >= 0.6 is 0 Å². The number of benzene rings is 1. The minimum absolute atomic E-state index is 0.0348. The summed E-state index contributed by atoms with van der Waals surface area (Å²) in [7, 11) is 0. The molecule has 0 radical (unpaired) electrons. The molecule has 128 valence electrons. The van der Waals surface area contributed by atoms with Crippen molar-refractivity contribution < 1.29 is 23.9 Å². The van der Waals surface area contributed by atoms with Crippen molar-refractivity contribution in [2.75, 3.05) is 25.2 Å². The lowest BCUT2D eigenvalue weighted by Gasteiger charge is -2.14. The van der Waals surface area contributed by atoms with Gasteiger partial charge in [-0.25, -0.2) is 0 Å². The summed E-state index contributed by atoms with van der Waals surface area (Å²) in [4.78, 5) is 37.2. The van der Waals surface area contributed by atoms with Gasteiger partial charge in [0.2, 0.25) is 18.6 Å². The maximum atomic E-state index is 12.3. The Bertz CT molecular complexity index is 700. The number of likely N-dealkylation sites (tertiary alicyclic amines) is 1. The molecule has 0 spiro atoms. The molecular formula is C17H20N2O5. The van der Waals surface area contributed by atoms with E-state index in [2.05, 4.69) is 5.32 Å². The van der Waals surface area contributed by atoms with Gasteiger partial charge in [0.15, 0.2) is 17.3 Å². The third-order valence-corrected chi connectivity index (χ3v) is 4.37. The normalized spacial score (nSPS) is 18.6. The van der Waals surface area contributed by atoms with Crippen LogP contribution < -0.4 is 14.8 Å². The summed E-state index contributed by atoms with van der Waals surface area (Å²) in [5.41, 5.74) is 0.822. The van der Waals surface area contributed by atoms with Gasteiger partial charge in [0.1, 0.15) is 0 Å². The van der Waals surface area contributed by atoms with E-state index in [0.29, 0.717) is 42.3 Å². The van der Waals surface area contributed by atoms with Crippen LogP contribution in [0, 0.1) is 5.92 Å². The molecule has 2 amide bonds. The summed E-state index contributed by atoms with van der Waals surface area (Å²) in [5, 5.41) is 2.79. The maximum absolute atomic E-state index is 12.3. The number of nitrogens with zero attached hydrogens (tertiary/aromatic N) is 1. The molecule has 1 atom stereocenters. The van der Waals surface area contributed by atoms with Crippen molar-refractivity contribution in [3.63, 3.8) is 0 Å². The third-order valence-electron chi connectivity index (χ3n) is 4.37. The highest BCUT2D eigenvalue weighted by Gasteiger charge is 2.27. The van der Waals surface area contributed by atoms with Crippen LogP contribution in [-0.2, 0) is 9.59 Å². The number of amides is 2. The van der Waals surface area contributed by atoms with Crippen molar-refractivity contribution in [3.8, 4) is 11.5 Å². The molecule has 0 bridgehead atoms. The van der Waals surface area contributed by atoms with Crippen LogP contribution in [0.25, 0.3) is 0 Å². The van der Waals surface area contributed by atoms with Crippen LogP contribution in [0.4, 0.5) is 5.69 Å². The van der Waals surface area contributed by atoms with Crippen LogP contribution in [0.15, 0.2) is 12.1 Å². The molecule has 1 aromatic rings. The van der Waals surface area contributed by atoms with Crippen molar-refractivity contribution in [2.24, 2.45) is 5.92 Å². The summed E-state index contributed by atoms with van der Waals surface area (Å²) >= 11 is 0. The van der Waals surface area contributed by atoms with E-state index in [-0.39, 0.29) is 30.3 Å². The van der Waals surface area contributed by atoms with E-state index in [9.17, 15) is 14.4 Å². The van der Waals surface area contributed by atoms with E-state index in [1.165, 1.54) is 13.8 Å². The Morgan fingerprint density at radius 1 is 1.21 bits per heavy atom. The second kappa shape index (κ2) is 6.51. The molecule has 0 aromatic heterocycles. The fourth-order valence-corrected chi connectivity index (χ4v) is 3.09. The molecule has 0 saturated carbocycles. The first-order chi connectivity index (χ1) is 11.4. The second-order valence-corrected chi connectivity index (χ2v) is 6.18. The number of fused-ring (bicyclic) bond motifs is 1. The Balaban J connectivity index is 1.68. The smallest absolute Gasteiger partial charge is 0.231 e. The number of nitrogens with one attached hydrogen (secondary N) is 1. The summed E-state index contributed by atoms with van der Waals surface area (Å²) in [6.45, 7) is 4.37. The number of carbonyl (C=O) groups is 3. The maximum Gasteiger partial charge on any atom is 0.231 e. The molecule has 7 nitrogen and oxygen atoms in total. The highest BCUT2D eigenvalue weighted by atomic mass is 16.7. The predicted octanol–water partition coefficient (Wildman–Crippen LogP) is 1.81. The summed E-state index contributed by atoms with van der Waals surface area (Å²) in [6.07, 6.45) is 1.13. The number of ketones is 1. The molecule has 0 aliphatic carbocycles. The Morgan fingerprint density at radius 2 is 1.92 bits per heavy atom. The average molecular weight is 332 g/mol. The standard InChI is InChI=1S/C17H20N2O5/c1-10(20)13-6-15-16(24-9-23-15)7-14(13)18-17(22)5-12-3-4-19(8-12)11(2)21/h6-7,12H,3-5,8-9H2,1-2H3,(H,18,22). The molecule has 1 N–H and O–H groups in total. The number of hydrogen-bond donors (Lipinski definition) is 1. The third kappa shape index (κ3) is 3.34.